The van der Waals surface area contributed by atoms with Crippen molar-refractivity contribution in [3.05, 3.63) is 29.8 Å². The van der Waals surface area contributed by atoms with Crippen molar-refractivity contribution in [1.29, 1.82) is 0 Å². The minimum absolute atomic E-state index is 0.0596. The van der Waals surface area contributed by atoms with Crippen molar-refractivity contribution in [1.82, 2.24) is 10.2 Å². The van der Waals surface area contributed by atoms with Gasteiger partial charge in [0.05, 0.1) is 0 Å². The maximum atomic E-state index is 12.0. The van der Waals surface area contributed by atoms with Crippen LogP contribution in [0.4, 0.5) is 8.78 Å². The summed E-state index contributed by atoms with van der Waals surface area (Å²) in [5.41, 5.74) is 0.884. The normalized spacial score (nSPS) is 14.3. The first kappa shape index (κ1) is 18.2. The van der Waals surface area contributed by atoms with E-state index in [4.69, 9.17) is 0 Å². The molecule has 1 aromatic carbocycles. The van der Waals surface area contributed by atoms with Gasteiger partial charge in [0.15, 0.2) is 0 Å². The Labute approximate surface area is 140 Å². The fraction of sp³-hybridized carbons (Fsp3) is 0.529. The number of ether oxygens (including phenoxy) is 1. The molecular formula is C17H22F2N2O3. The molecule has 7 heteroatoms. The predicted octanol–water partition coefficient (Wildman–Crippen LogP) is 2.35. The monoisotopic (exact) mass is 340 g/mol. The lowest BCUT2D eigenvalue weighted by atomic mass is 10.1. The average Bonchev–Trinajstić information content (AvgIpc) is 2.95. The van der Waals surface area contributed by atoms with E-state index >= 15 is 0 Å². The van der Waals surface area contributed by atoms with E-state index in [0.717, 1.165) is 24.9 Å². The molecule has 0 spiro atoms. The molecule has 1 aliphatic rings. The zero-order chi connectivity index (χ0) is 17.4. The number of hydrogen-bond donors (Lipinski definition) is 1. The number of halogens is 2. The van der Waals surface area contributed by atoms with E-state index in [1.807, 2.05) is 4.90 Å². The van der Waals surface area contributed by atoms with Gasteiger partial charge in [-0.15, -0.1) is 0 Å². The number of nitrogens with zero attached hydrogens (tertiary/aromatic N) is 1. The molecule has 0 radical (unpaired) electrons. The summed E-state index contributed by atoms with van der Waals surface area (Å²) in [6.07, 6.45) is 3.17. The molecule has 1 fully saturated rings. The van der Waals surface area contributed by atoms with Gasteiger partial charge in [0.1, 0.15) is 5.75 Å². The molecule has 2 rings (SSSR count). The van der Waals surface area contributed by atoms with Gasteiger partial charge in [0.2, 0.25) is 11.8 Å². The van der Waals surface area contributed by atoms with E-state index in [-0.39, 0.29) is 17.6 Å². The summed E-state index contributed by atoms with van der Waals surface area (Å²) < 4.78 is 28.4. The van der Waals surface area contributed by atoms with Crippen molar-refractivity contribution in [2.24, 2.45) is 0 Å². The number of nitrogens with one attached hydrogen (secondary N) is 1. The Hall–Kier alpha value is -2.18. The summed E-state index contributed by atoms with van der Waals surface area (Å²) in [7, 11) is 0. The van der Waals surface area contributed by atoms with Gasteiger partial charge in [-0.3, -0.25) is 9.59 Å². The molecule has 24 heavy (non-hydrogen) atoms. The van der Waals surface area contributed by atoms with Crippen LogP contribution in [0.25, 0.3) is 0 Å². The lowest BCUT2D eigenvalue weighted by Crippen LogP contribution is -2.30. The molecule has 0 atom stereocenters. The van der Waals surface area contributed by atoms with Crippen molar-refractivity contribution in [3.8, 4) is 5.75 Å². The Morgan fingerprint density at radius 2 is 2.04 bits per heavy atom. The second kappa shape index (κ2) is 9.20. The highest BCUT2D eigenvalue weighted by molar-refractivity contribution is 5.78. The highest BCUT2D eigenvalue weighted by Crippen LogP contribution is 2.15. The molecule has 1 aromatic rings. The lowest BCUT2D eigenvalue weighted by molar-refractivity contribution is -0.127. The Balaban J connectivity index is 1.59. The summed E-state index contributed by atoms with van der Waals surface area (Å²) in [5, 5.41) is 2.83. The highest BCUT2D eigenvalue weighted by Gasteiger charge is 2.18. The Morgan fingerprint density at radius 1 is 1.29 bits per heavy atom. The molecule has 1 N–H and O–H groups in total. The third-order valence-electron chi connectivity index (χ3n) is 3.89. The van der Waals surface area contributed by atoms with Crippen molar-refractivity contribution in [2.45, 2.75) is 38.7 Å². The van der Waals surface area contributed by atoms with Crippen LogP contribution in [0.15, 0.2) is 24.3 Å². The number of alkyl halides is 2. The molecule has 132 valence electrons. The first-order valence-electron chi connectivity index (χ1n) is 8.13. The van der Waals surface area contributed by atoms with Crippen LogP contribution in [0.2, 0.25) is 0 Å². The maximum absolute atomic E-state index is 12.0. The smallest absolute Gasteiger partial charge is 0.387 e. The van der Waals surface area contributed by atoms with Crippen LogP contribution in [0, 0.1) is 0 Å². The molecule has 1 heterocycles. The van der Waals surface area contributed by atoms with Crippen LogP contribution in [0.5, 0.6) is 5.75 Å². The zero-order valence-corrected chi connectivity index (χ0v) is 13.5. The van der Waals surface area contributed by atoms with Gasteiger partial charge >= 0.3 is 6.61 Å². The van der Waals surface area contributed by atoms with Gasteiger partial charge in [-0.2, -0.15) is 8.78 Å². The fourth-order valence-corrected chi connectivity index (χ4v) is 2.62. The highest BCUT2D eigenvalue weighted by atomic mass is 19.3. The van der Waals surface area contributed by atoms with Crippen LogP contribution < -0.4 is 10.1 Å². The number of rotatable bonds is 9. The average molecular weight is 340 g/mol. The molecule has 0 saturated carbocycles. The molecule has 5 nitrogen and oxygen atoms in total. The fourth-order valence-electron chi connectivity index (χ4n) is 2.62. The molecule has 1 aliphatic heterocycles. The Morgan fingerprint density at radius 3 is 2.67 bits per heavy atom. The summed E-state index contributed by atoms with van der Waals surface area (Å²) in [5.74, 6) is 0.242. The molecule has 0 aromatic heterocycles. The number of amides is 2. The van der Waals surface area contributed by atoms with Crippen molar-refractivity contribution in [3.63, 3.8) is 0 Å². The third kappa shape index (κ3) is 6.14. The van der Waals surface area contributed by atoms with Gasteiger partial charge in [-0.1, -0.05) is 12.1 Å². The third-order valence-corrected chi connectivity index (χ3v) is 3.89. The number of carbonyl (C=O) groups excluding carboxylic acids is 2. The van der Waals surface area contributed by atoms with E-state index in [1.54, 1.807) is 12.1 Å². The first-order valence-corrected chi connectivity index (χ1v) is 8.13. The summed E-state index contributed by atoms with van der Waals surface area (Å²) in [6.45, 7) is -0.788. The maximum Gasteiger partial charge on any atom is 0.387 e. The minimum Gasteiger partial charge on any atom is -0.435 e. The first-order chi connectivity index (χ1) is 11.5. The van der Waals surface area contributed by atoms with Crippen LogP contribution in [-0.2, 0) is 16.0 Å². The van der Waals surface area contributed by atoms with Crippen molar-refractivity contribution < 1.29 is 23.1 Å². The summed E-state index contributed by atoms with van der Waals surface area (Å²) in [4.78, 5) is 25.0. The van der Waals surface area contributed by atoms with E-state index in [2.05, 4.69) is 10.1 Å². The number of carbonyl (C=O) groups is 2. The zero-order valence-electron chi connectivity index (χ0n) is 13.5. The summed E-state index contributed by atoms with van der Waals surface area (Å²) >= 11 is 0. The number of hydrogen-bond acceptors (Lipinski definition) is 3. The van der Waals surface area contributed by atoms with Crippen LogP contribution >= 0.6 is 0 Å². The van der Waals surface area contributed by atoms with Crippen LogP contribution in [0.1, 0.15) is 31.2 Å². The lowest BCUT2D eigenvalue weighted by Gasteiger charge is -2.15. The molecule has 0 bridgehead atoms. The van der Waals surface area contributed by atoms with Gasteiger partial charge in [0.25, 0.3) is 0 Å². The largest absolute Gasteiger partial charge is 0.435 e. The molecule has 1 saturated heterocycles. The van der Waals surface area contributed by atoms with Crippen molar-refractivity contribution >= 4 is 11.8 Å². The molecule has 2 amide bonds. The van der Waals surface area contributed by atoms with Gasteiger partial charge < -0.3 is 15.0 Å². The number of likely N-dealkylation sites (tertiary alicyclic amines) is 1. The molecular weight excluding hydrogens is 318 g/mol. The number of benzene rings is 1. The van der Waals surface area contributed by atoms with Crippen LogP contribution in [0.3, 0.4) is 0 Å². The van der Waals surface area contributed by atoms with E-state index in [1.165, 1.54) is 12.1 Å². The van der Waals surface area contributed by atoms with Gasteiger partial charge in [-0.25, -0.2) is 0 Å². The van der Waals surface area contributed by atoms with Gasteiger partial charge in [-0.05, 0) is 37.0 Å². The predicted molar refractivity (Wildman–Crippen MR) is 84.8 cm³/mol. The van der Waals surface area contributed by atoms with E-state index in [0.29, 0.717) is 32.4 Å². The van der Waals surface area contributed by atoms with E-state index in [9.17, 15) is 18.4 Å². The second-order valence-electron chi connectivity index (χ2n) is 5.71. The number of aryl methyl sites for hydroxylation is 1. The molecule has 0 aliphatic carbocycles. The minimum atomic E-state index is -2.84. The SMILES string of the molecule is O=C(CCc1ccc(OC(F)F)cc1)NCCCN1CCCC1=O. The summed E-state index contributed by atoms with van der Waals surface area (Å²) in [6, 6.07) is 6.27. The van der Waals surface area contributed by atoms with Crippen LogP contribution in [-0.4, -0.2) is 43.0 Å². The quantitative estimate of drug-likeness (QED) is 0.702. The van der Waals surface area contributed by atoms with Crippen molar-refractivity contribution in [2.75, 3.05) is 19.6 Å². The Kier molecular flexibility index (Phi) is 6.96. The van der Waals surface area contributed by atoms with E-state index < -0.39 is 6.61 Å². The second-order valence-corrected chi connectivity index (χ2v) is 5.71. The van der Waals surface area contributed by atoms with Gasteiger partial charge in [0, 0.05) is 32.5 Å². The Bertz CT molecular complexity index is 549. The molecule has 0 unspecified atom stereocenters. The topological polar surface area (TPSA) is 58.6 Å². The standard InChI is InChI=1S/C17H22F2N2O3/c18-17(19)24-14-7-4-13(5-8-14)6-9-15(22)20-10-2-12-21-11-1-3-16(21)23/h4-5,7-8,17H,1-3,6,9-12H2,(H,20,22).